The van der Waals surface area contributed by atoms with E-state index in [1.165, 1.54) is 66.2 Å². The Morgan fingerprint density at radius 1 is 0.784 bits per heavy atom. The average molecular weight is 594 g/mol. The highest BCUT2D eigenvalue weighted by Gasteiger charge is 2.54. The first kappa shape index (κ1) is 33.0. The molecule has 1 rings (SSSR count). The number of halogens is 1. The lowest BCUT2D eigenvalue weighted by Crippen LogP contribution is -2.46. The molecule has 1 fully saturated rings. The highest BCUT2D eigenvalue weighted by Crippen LogP contribution is 2.31. The SMILES string of the molecule is CC(=O)OC[C@@H](OC(C)=O)[C@@H]1O[C@@H](OCC=CCCCCCCCCCBr)[C@H](OC(C)=O)[C@H]1OC(C)=O. The van der Waals surface area contributed by atoms with E-state index < -0.39 is 54.6 Å². The van der Waals surface area contributed by atoms with E-state index in [1.807, 2.05) is 12.2 Å². The molecule has 0 aromatic rings. The van der Waals surface area contributed by atoms with Gasteiger partial charge in [-0.05, 0) is 19.3 Å². The third kappa shape index (κ3) is 14.5. The molecule has 0 saturated carbocycles. The van der Waals surface area contributed by atoms with Gasteiger partial charge in [-0.25, -0.2) is 0 Å². The number of rotatable bonds is 18. The molecule has 5 atom stereocenters. The fraction of sp³-hybridized carbons (Fsp3) is 0.769. The van der Waals surface area contributed by atoms with Crippen molar-refractivity contribution in [3.63, 3.8) is 0 Å². The largest absolute Gasteiger partial charge is 0.462 e. The molecular weight excluding hydrogens is 552 g/mol. The number of unbranched alkanes of at least 4 members (excludes halogenated alkanes) is 7. The molecular formula is C26H41BrO10. The molecule has 0 amide bonds. The summed E-state index contributed by atoms with van der Waals surface area (Å²) >= 11 is 3.45. The van der Waals surface area contributed by atoms with Crippen molar-refractivity contribution in [1.29, 1.82) is 0 Å². The fourth-order valence-electron chi connectivity index (χ4n) is 3.91. The van der Waals surface area contributed by atoms with Gasteiger partial charge in [-0.1, -0.05) is 60.2 Å². The van der Waals surface area contributed by atoms with E-state index in [1.54, 1.807) is 0 Å². The quantitative estimate of drug-likeness (QED) is 0.0753. The smallest absolute Gasteiger partial charge is 0.303 e. The Morgan fingerprint density at radius 2 is 1.38 bits per heavy atom. The number of esters is 4. The lowest BCUT2D eigenvalue weighted by molar-refractivity contribution is -0.196. The van der Waals surface area contributed by atoms with Crippen molar-refractivity contribution in [2.75, 3.05) is 18.5 Å². The highest BCUT2D eigenvalue weighted by atomic mass is 79.9. The van der Waals surface area contributed by atoms with Crippen LogP contribution in [-0.4, -0.2) is 73.1 Å². The summed E-state index contributed by atoms with van der Waals surface area (Å²) in [5.74, 6) is -2.54. The minimum atomic E-state index is -1.15. The van der Waals surface area contributed by atoms with Gasteiger partial charge in [0.05, 0.1) is 6.61 Å². The normalized spacial score (nSPS) is 22.0. The first-order valence-electron chi connectivity index (χ1n) is 12.8. The van der Waals surface area contributed by atoms with Gasteiger partial charge in [0.2, 0.25) is 0 Å². The Hall–Kier alpha value is -1.98. The summed E-state index contributed by atoms with van der Waals surface area (Å²) in [6.45, 7) is 4.61. The molecule has 0 bridgehead atoms. The van der Waals surface area contributed by atoms with Crippen molar-refractivity contribution >= 4 is 39.8 Å². The van der Waals surface area contributed by atoms with E-state index in [2.05, 4.69) is 15.9 Å². The molecule has 1 aliphatic rings. The molecule has 0 N–H and O–H groups in total. The van der Waals surface area contributed by atoms with Crippen molar-refractivity contribution in [1.82, 2.24) is 0 Å². The number of allylic oxidation sites excluding steroid dienone is 1. The fourth-order valence-corrected chi connectivity index (χ4v) is 4.31. The van der Waals surface area contributed by atoms with Crippen molar-refractivity contribution in [2.24, 2.45) is 0 Å². The maximum absolute atomic E-state index is 11.8. The second-order valence-electron chi connectivity index (χ2n) is 8.82. The summed E-state index contributed by atoms with van der Waals surface area (Å²) in [7, 11) is 0. The highest BCUT2D eigenvalue weighted by molar-refractivity contribution is 9.09. The summed E-state index contributed by atoms with van der Waals surface area (Å²) in [6, 6.07) is 0. The van der Waals surface area contributed by atoms with Crippen LogP contribution in [0.25, 0.3) is 0 Å². The number of hydrogen-bond donors (Lipinski definition) is 0. The molecule has 212 valence electrons. The van der Waals surface area contributed by atoms with Crippen molar-refractivity contribution in [2.45, 2.75) is 110 Å². The van der Waals surface area contributed by atoms with Crippen LogP contribution in [0.4, 0.5) is 0 Å². The molecule has 0 aromatic heterocycles. The van der Waals surface area contributed by atoms with E-state index in [0.29, 0.717) is 0 Å². The van der Waals surface area contributed by atoms with Gasteiger partial charge in [0.15, 0.2) is 24.6 Å². The van der Waals surface area contributed by atoms with E-state index >= 15 is 0 Å². The topological polar surface area (TPSA) is 124 Å². The monoisotopic (exact) mass is 592 g/mol. The molecule has 0 unspecified atom stereocenters. The summed E-state index contributed by atoms with van der Waals surface area (Å²) in [5.41, 5.74) is 0. The van der Waals surface area contributed by atoms with Crippen LogP contribution in [0.5, 0.6) is 0 Å². The minimum Gasteiger partial charge on any atom is -0.462 e. The lowest BCUT2D eigenvalue weighted by atomic mass is 10.1. The van der Waals surface area contributed by atoms with Crippen molar-refractivity contribution in [3.8, 4) is 0 Å². The molecule has 1 heterocycles. The Labute approximate surface area is 227 Å². The summed E-state index contributed by atoms with van der Waals surface area (Å²) in [6.07, 6.45) is 7.71. The second-order valence-corrected chi connectivity index (χ2v) is 9.62. The number of carbonyl (C=O) groups excluding carboxylic acids is 4. The Morgan fingerprint density at radius 3 is 1.95 bits per heavy atom. The van der Waals surface area contributed by atoms with Gasteiger partial charge in [-0.15, -0.1) is 0 Å². The maximum atomic E-state index is 11.8. The van der Waals surface area contributed by atoms with Crippen LogP contribution in [0, 0.1) is 0 Å². The predicted octanol–water partition coefficient (Wildman–Crippen LogP) is 4.16. The van der Waals surface area contributed by atoms with Crippen molar-refractivity contribution < 1.29 is 47.6 Å². The van der Waals surface area contributed by atoms with E-state index in [4.69, 9.17) is 28.4 Å². The molecule has 1 saturated heterocycles. The van der Waals surface area contributed by atoms with E-state index in [0.717, 1.165) is 18.2 Å². The predicted molar refractivity (Wildman–Crippen MR) is 138 cm³/mol. The van der Waals surface area contributed by atoms with Crippen LogP contribution < -0.4 is 0 Å². The number of carbonyl (C=O) groups is 4. The standard InChI is InChI=1S/C26H41BrO10/c1-18(28)33-17-22(34-19(2)29)23-24(35-20(3)30)25(36-21(4)31)26(37-23)32-16-14-12-10-8-6-5-7-9-11-13-15-27/h12,14,22-26H,5-11,13,15-17H2,1-4H3/t22-,23+,24+,25-,26-/m1/s1. The second kappa shape index (κ2) is 19.1. The summed E-state index contributed by atoms with van der Waals surface area (Å²) in [4.78, 5) is 46.6. The third-order valence-corrected chi connectivity index (χ3v) is 6.03. The lowest BCUT2D eigenvalue weighted by Gasteiger charge is -2.27. The number of hydrogen-bond acceptors (Lipinski definition) is 10. The molecule has 0 radical (unpaired) electrons. The minimum absolute atomic E-state index is 0.163. The molecule has 10 nitrogen and oxygen atoms in total. The van der Waals surface area contributed by atoms with Crippen LogP contribution in [0.1, 0.15) is 79.1 Å². The zero-order chi connectivity index (χ0) is 27.6. The molecule has 0 aromatic carbocycles. The third-order valence-electron chi connectivity index (χ3n) is 5.47. The van der Waals surface area contributed by atoms with Crippen LogP contribution >= 0.6 is 15.9 Å². The van der Waals surface area contributed by atoms with E-state index in [-0.39, 0.29) is 13.2 Å². The molecule has 0 aliphatic carbocycles. The summed E-state index contributed by atoms with van der Waals surface area (Å²) < 4.78 is 32.7. The van der Waals surface area contributed by atoms with Gasteiger partial charge < -0.3 is 28.4 Å². The van der Waals surface area contributed by atoms with Gasteiger partial charge in [-0.2, -0.15) is 0 Å². The van der Waals surface area contributed by atoms with Crippen LogP contribution in [0.15, 0.2) is 12.2 Å². The van der Waals surface area contributed by atoms with Gasteiger partial charge in [0.1, 0.15) is 12.7 Å². The van der Waals surface area contributed by atoms with Gasteiger partial charge >= 0.3 is 23.9 Å². The Bertz CT molecular complexity index is 741. The van der Waals surface area contributed by atoms with Gasteiger partial charge in [-0.3, -0.25) is 19.2 Å². The molecule has 0 spiro atoms. The number of alkyl halides is 1. The van der Waals surface area contributed by atoms with E-state index in [9.17, 15) is 19.2 Å². The Balaban J connectivity index is 2.73. The van der Waals surface area contributed by atoms with Crippen LogP contribution in [-0.2, 0) is 47.6 Å². The first-order valence-corrected chi connectivity index (χ1v) is 13.9. The van der Waals surface area contributed by atoms with Crippen LogP contribution in [0.3, 0.4) is 0 Å². The number of ether oxygens (including phenoxy) is 6. The molecule has 37 heavy (non-hydrogen) atoms. The summed E-state index contributed by atoms with van der Waals surface area (Å²) in [5, 5.41) is 1.07. The van der Waals surface area contributed by atoms with Crippen LogP contribution in [0.2, 0.25) is 0 Å². The van der Waals surface area contributed by atoms with Crippen molar-refractivity contribution in [3.05, 3.63) is 12.2 Å². The molecule has 11 heteroatoms. The maximum Gasteiger partial charge on any atom is 0.303 e. The molecule has 1 aliphatic heterocycles. The average Bonchev–Trinajstić information content (AvgIpc) is 3.12. The Kier molecular flexibility index (Phi) is 17.1. The first-order chi connectivity index (χ1) is 17.6. The zero-order valence-corrected chi connectivity index (χ0v) is 23.9. The van der Waals surface area contributed by atoms with Gasteiger partial charge in [0.25, 0.3) is 0 Å². The zero-order valence-electron chi connectivity index (χ0n) is 22.3. The van der Waals surface area contributed by atoms with Gasteiger partial charge in [0, 0.05) is 33.0 Å².